The van der Waals surface area contributed by atoms with Crippen molar-refractivity contribution in [3.8, 4) is 62.2 Å². The van der Waals surface area contributed by atoms with Crippen molar-refractivity contribution >= 4 is 43.6 Å². The lowest BCUT2D eigenvalue weighted by Gasteiger charge is -2.19. The molecule has 0 N–H and O–H groups in total. The van der Waals surface area contributed by atoms with Crippen LogP contribution >= 0.6 is 0 Å². The zero-order chi connectivity index (χ0) is 40.3. The minimum atomic E-state index is 0.552. The molecular formula is C56H38N4. The van der Waals surface area contributed by atoms with Crippen molar-refractivity contribution in [2.45, 2.75) is 13.8 Å². The number of aryl methyl sites for hydroxylation is 2. The third-order valence-electron chi connectivity index (χ3n) is 12.1. The minimum Gasteiger partial charge on any atom is -0.307 e. The predicted octanol–water partition coefficient (Wildman–Crippen LogP) is 14.4. The molecule has 0 atom stereocenters. The van der Waals surface area contributed by atoms with E-state index in [4.69, 9.17) is 4.98 Å². The number of para-hydroxylation sites is 2. The van der Waals surface area contributed by atoms with Gasteiger partial charge in [0, 0.05) is 32.7 Å². The molecule has 0 aliphatic rings. The highest BCUT2D eigenvalue weighted by molar-refractivity contribution is 6.13. The van der Waals surface area contributed by atoms with Crippen LogP contribution < -0.4 is 0 Å². The van der Waals surface area contributed by atoms with Gasteiger partial charge in [-0.2, -0.15) is 5.26 Å². The van der Waals surface area contributed by atoms with Gasteiger partial charge >= 0.3 is 0 Å². The normalized spacial score (nSPS) is 11.5. The van der Waals surface area contributed by atoms with Crippen molar-refractivity contribution in [2.24, 2.45) is 0 Å². The van der Waals surface area contributed by atoms with Gasteiger partial charge in [0.05, 0.1) is 56.5 Å². The molecule has 4 nitrogen and oxygen atoms in total. The van der Waals surface area contributed by atoms with Crippen LogP contribution in [0.25, 0.3) is 99.8 Å². The van der Waals surface area contributed by atoms with E-state index in [0.717, 1.165) is 77.5 Å². The fourth-order valence-corrected chi connectivity index (χ4v) is 9.19. The molecule has 8 aromatic carbocycles. The number of hydrogen-bond acceptors (Lipinski definition) is 2. The van der Waals surface area contributed by atoms with Crippen molar-refractivity contribution < 1.29 is 0 Å². The highest BCUT2D eigenvalue weighted by atomic mass is 15.1. The van der Waals surface area contributed by atoms with Crippen LogP contribution in [0.5, 0.6) is 0 Å². The third-order valence-corrected chi connectivity index (χ3v) is 12.1. The van der Waals surface area contributed by atoms with Gasteiger partial charge in [-0.25, -0.2) is 4.98 Å². The van der Waals surface area contributed by atoms with Crippen LogP contribution in [0, 0.1) is 25.2 Å². The van der Waals surface area contributed by atoms with Crippen LogP contribution in [0.2, 0.25) is 0 Å². The van der Waals surface area contributed by atoms with Crippen LogP contribution in [0.4, 0.5) is 0 Å². The molecule has 0 saturated heterocycles. The average Bonchev–Trinajstić information content (AvgIpc) is 3.81. The summed E-state index contributed by atoms with van der Waals surface area (Å²) in [6.07, 6.45) is 0. The minimum absolute atomic E-state index is 0.552. The number of benzene rings is 8. The van der Waals surface area contributed by atoms with E-state index < -0.39 is 0 Å². The second kappa shape index (κ2) is 14.1. The van der Waals surface area contributed by atoms with E-state index in [1.807, 2.05) is 36.4 Å². The quantitative estimate of drug-likeness (QED) is 0.169. The summed E-state index contributed by atoms with van der Waals surface area (Å²) in [6.45, 7) is 4.34. The summed E-state index contributed by atoms with van der Waals surface area (Å²) < 4.78 is 4.73. The highest BCUT2D eigenvalue weighted by Crippen LogP contribution is 2.42. The van der Waals surface area contributed by atoms with Gasteiger partial charge in [-0.05, 0) is 108 Å². The van der Waals surface area contributed by atoms with Crippen molar-refractivity contribution in [2.75, 3.05) is 0 Å². The second-order valence-electron chi connectivity index (χ2n) is 15.6. The SMILES string of the molecule is Cc1ccccc1-c1ccc2c(c1)c1ccccc1n2-c1cc(C#N)c(-c2cccc(-c3ccccc3)n2)cc1-n1c2ccccc2c2cc(-c3ccccc3C)ccc21. The van der Waals surface area contributed by atoms with Gasteiger partial charge in [0.1, 0.15) is 0 Å². The number of pyridine rings is 1. The first-order valence-corrected chi connectivity index (χ1v) is 20.4. The monoisotopic (exact) mass is 766 g/mol. The fourth-order valence-electron chi connectivity index (χ4n) is 9.19. The first kappa shape index (κ1) is 35.2. The van der Waals surface area contributed by atoms with Crippen LogP contribution in [-0.4, -0.2) is 14.1 Å². The molecule has 0 radical (unpaired) electrons. The van der Waals surface area contributed by atoms with E-state index in [0.29, 0.717) is 5.56 Å². The zero-order valence-electron chi connectivity index (χ0n) is 33.3. The lowest BCUT2D eigenvalue weighted by Crippen LogP contribution is -2.06. The van der Waals surface area contributed by atoms with Gasteiger partial charge in [0.15, 0.2) is 0 Å². The summed E-state index contributed by atoms with van der Waals surface area (Å²) in [5.41, 5.74) is 17.4. The average molecular weight is 767 g/mol. The molecular weight excluding hydrogens is 729 g/mol. The Morgan fingerprint density at radius 3 is 1.43 bits per heavy atom. The lowest BCUT2D eigenvalue weighted by molar-refractivity contribution is 1.09. The molecule has 0 fully saturated rings. The first-order valence-electron chi connectivity index (χ1n) is 20.4. The Morgan fingerprint density at radius 2 is 0.867 bits per heavy atom. The van der Waals surface area contributed by atoms with E-state index in [1.165, 1.54) is 33.4 Å². The van der Waals surface area contributed by atoms with Crippen LogP contribution in [0.15, 0.2) is 194 Å². The molecule has 4 heteroatoms. The number of nitriles is 1. The van der Waals surface area contributed by atoms with E-state index >= 15 is 0 Å². The zero-order valence-corrected chi connectivity index (χ0v) is 33.3. The van der Waals surface area contributed by atoms with Crippen molar-refractivity contribution in [1.82, 2.24) is 14.1 Å². The Kier molecular flexibility index (Phi) is 8.28. The standard InChI is InChI=1S/C56H38N4/c1-36-15-6-8-19-42(36)39-27-29-53-47(31-39)44-21-10-12-25-51(44)59(53)55-33-41(35-57)46(50-24-14-23-49(58-50)38-17-4-3-5-18-38)34-56(55)60-52-26-13-11-22-45(52)48-32-40(28-30-54(48)60)43-20-9-7-16-37(43)2/h3-34H,1-2H3. The molecule has 3 aromatic heterocycles. The summed E-state index contributed by atoms with van der Waals surface area (Å²) >= 11 is 0. The summed E-state index contributed by atoms with van der Waals surface area (Å²) in [5, 5.41) is 15.7. The smallest absolute Gasteiger partial charge is 0.0999 e. The van der Waals surface area contributed by atoms with Gasteiger partial charge in [0.25, 0.3) is 0 Å². The van der Waals surface area contributed by atoms with E-state index in [2.05, 4.69) is 187 Å². The van der Waals surface area contributed by atoms with Gasteiger partial charge in [-0.15, -0.1) is 0 Å². The van der Waals surface area contributed by atoms with Gasteiger partial charge in [-0.3, -0.25) is 0 Å². The van der Waals surface area contributed by atoms with Gasteiger partial charge in [-0.1, -0.05) is 133 Å². The molecule has 0 aliphatic heterocycles. The molecule has 0 bridgehead atoms. The molecule has 0 amide bonds. The summed E-state index contributed by atoms with van der Waals surface area (Å²) in [4.78, 5) is 5.19. The molecule has 60 heavy (non-hydrogen) atoms. The van der Waals surface area contributed by atoms with E-state index in [9.17, 15) is 5.26 Å². The van der Waals surface area contributed by atoms with Gasteiger partial charge < -0.3 is 9.13 Å². The summed E-state index contributed by atoms with van der Waals surface area (Å²) in [7, 11) is 0. The molecule has 0 spiro atoms. The topological polar surface area (TPSA) is 46.5 Å². The van der Waals surface area contributed by atoms with Crippen LogP contribution in [-0.2, 0) is 0 Å². The molecule has 282 valence electrons. The largest absolute Gasteiger partial charge is 0.307 e. The van der Waals surface area contributed by atoms with Crippen molar-refractivity contribution in [3.63, 3.8) is 0 Å². The van der Waals surface area contributed by atoms with Crippen LogP contribution in [0.3, 0.4) is 0 Å². The number of nitrogens with zero attached hydrogens (tertiary/aromatic N) is 4. The number of hydrogen-bond donors (Lipinski definition) is 0. The van der Waals surface area contributed by atoms with E-state index in [-0.39, 0.29) is 0 Å². The predicted molar refractivity (Wildman–Crippen MR) is 249 cm³/mol. The maximum absolute atomic E-state index is 11.0. The molecule has 3 heterocycles. The Hall–Kier alpha value is -8.00. The molecule has 11 aromatic rings. The Morgan fingerprint density at radius 1 is 0.383 bits per heavy atom. The third kappa shape index (κ3) is 5.63. The fraction of sp³-hybridized carbons (Fsp3) is 0.0357. The Labute approximate surface area is 348 Å². The number of fused-ring (bicyclic) bond motifs is 6. The maximum atomic E-state index is 11.0. The van der Waals surface area contributed by atoms with Crippen molar-refractivity contribution in [1.29, 1.82) is 5.26 Å². The number of rotatable bonds is 6. The molecule has 11 rings (SSSR count). The van der Waals surface area contributed by atoms with Crippen molar-refractivity contribution in [3.05, 3.63) is 211 Å². The van der Waals surface area contributed by atoms with E-state index in [1.54, 1.807) is 0 Å². The highest BCUT2D eigenvalue weighted by Gasteiger charge is 2.23. The van der Waals surface area contributed by atoms with Crippen LogP contribution in [0.1, 0.15) is 16.7 Å². The number of aromatic nitrogens is 3. The Balaban J connectivity index is 1.24. The summed E-state index contributed by atoms with van der Waals surface area (Å²) in [5.74, 6) is 0. The molecule has 0 saturated carbocycles. The first-order chi connectivity index (χ1) is 29.6. The summed E-state index contributed by atoms with van der Waals surface area (Å²) in [6, 6.07) is 71.2. The van der Waals surface area contributed by atoms with Gasteiger partial charge in [0.2, 0.25) is 0 Å². The molecule has 0 aliphatic carbocycles. The lowest BCUT2D eigenvalue weighted by atomic mass is 9.98. The maximum Gasteiger partial charge on any atom is 0.0999 e. The molecule has 0 unspecified atom stereocenters. The second-order valence-corrected chi connectivity index (χ2v) is 15.6. The Bertz CT molecular complexity index is 3520.